The molecule has 0 aromatic carbocycles. The van der Waals surface area contributed by atoms with Crippen LogP contribution in [0.15, 0.2) is 29.8 Å². The summed E-state index contributed by atoms with van der Waals surface area (Å²) in [6.07, 6.45) is 8.19. The second-order valence-corrected chi connectivity index (χ2v) is 6.81. The van der Waals surface area contributed by atoms with Crippen LogP contribution in [0.3, 0.4) is 0 Å². The van der Waals surface area contributed by atoms with Gasteiger partial charge in [-0.05, 0) is 13.8 Å². The molecular formula is C13H15N5O2S. The van der Waals surface area contributed by atoms with Crippen LogP contribution in [-0.4, -0.2) is 38.8 Å². The Labute approximate surface area is 122 Å². The highest BCUT2D eigenvalue weighted by atomic mass is 32.2. The van der Waals surface area contributed by atoms with Crippen LogP contribution < -0.4 is 0 Å². The molecule has 0 saturated carbocycles. The van der Waals surface area contributed by atoms with E-state index in [1.165, 1.54) is 0 Å². The average Bonchev–Trinajstić information content (AvgIpc) is 3.01. The van der Waals surface area contributed by atoms with E-state index in [-0.39, 0.29) is 5.03 Å². The van der Waals surface area contributed by atoms with E-state index in [2.05, 4.69) is 15.1 Å². The number of hydrogen-bond donors (Lipinski definition) is 0. The Hall–Kier alpha value is -2.22. The highest BCUT2D eigenvalue weighted by Gasteiger charge is 2.19. The highest BCUT2D eigenvalue weighted by molar-refractivity contribution is 7.90. The molecule has 0 amide bonds. The van der Waals surface area contributed by atoms with E-state index in [4.69, 9.17) is 0 Å². The second-order valence-electron chi connectivity index (χ2n) is 4.88. The number of rotatable bonds is 3. The number of nitrogens with zero attached hydrogens (tertiary/aromatic N) is 5. The minimum atomic E-state index is -3.44. The van der Waals surface area contributed by atoms with E-state index in [1.807, 2.05) is 13.1 Å². The van der Waals surface area contributed by atoms with Crippen LogP contribution in [0.25, 0.3) is 16.9 Å². The lowest BCUT2D eigenvalue weighted by Gasteiger charge is -2.04. The lowest BCUT2D eigenvalue weighted by molar-refractivity contribution is 0.598. The number of hydrogen-bond acceptors (Lipinski definition) is 5. The molecule has 7 nitrogen and oxygen atoms in total. The summed E-state index contributed by atoms with van der Waals surface area (Å²) >= 11 is 0. The number of imidazole rings is 1. The van der Waals surface area contributed by atoms with Crippen LogP contribution in [0.5, 0.6) is 0 Å². The maximum absolute atomic E-state index is 11.9. The first kappa shape index (κ1) is 13.7. The predicted molar refractivity (Wildman–Crippen MR) is 77.7 cm³/mol. The molecule has 0 unspecified atom stereocenters. The maximum Gasteiger partial charge on any atom is 0.198 e. The van der Waals surface area contributed by atoms with E-state index in [0.717, 1.165) is 24.1 Å². The molecule has 3 aromatic heterocycles. The Balaban J connectivity index is 2.30. The topological polar surface area (TPSA) is 82.1 Å². The van der Waals surface area contributed by atoms with Gasteiger partial charge in [0.05, 0.1) is 23.8 Å². The van der Waals surface area contributed by atoms with Crippen molar-refractivity contribution in [1.29, 1.82) is 0 Å². The third-order valence-corrected chi connectivity index (χ3v) is 4.16. The normalized spacial score (nSPS) is 12.1. The summed E-state index contributed by atoms with van der Waals surface area (Å²) in [7, 11) is -3.44. The summed E-state index contributed by atoms with van der Waals surface area (Å²) < 4.78 is 27.3. The molecule has 0 bridgehead atoms. The minimum absolute atomic E-state index is 0.00312. The molecule has 3 rings (SSSR count). The molecule has 0 aliphatic carbocycles. The Morgan fingerprint density at radius 2 is 2.00 bits per heavy atom. The number of aromatic nitrogens is 5. The molecule has 21 heavy (non-hydrogen) atoms. The van der Waals surface area contributed by atoms with Gasteiger partial charge in [-0.25, -0.2) is 18.4 Å². The molecular weight excluding hydrogens is 290 g/mol. The van der Waals surface area contributed by atoms with Crippen molar-refractivity contribution in [1.82, 2.24) is 24.1 Å². The van der Waals surface area contributed by atoms with Crippen LogP contribution in [-0.2, 0) is 16.4 Å². The van der Waals surface area contributed by atoms with Crippen LogP contribution in [0, 0.1) is 6.92 Å². The Morgan fingerprint density at radius 1 is 1.24 bits per heavy atom. The second kappa shape index (κ2) is 4.66. The average molecular weight is 305 g/mol. The van der Waals surface area contributed by atoms with Crippen molar-refractivity contribution in [2.75, 3.05) is 6.26 Å². The van der Waals surface area contributed by atoms with Crippen molar-refractivity contribution in [3.8, 4) is 11.3 Å². The molecule has 0 fully saturated rings. The molecule has 0 saturated heterocycles. The van der Waals surface area contributed by atoms with Gasteiger partial charge in [0.2, 0.25) is 0 Å². The molecule has 8 heteroatoms. The van der Waals surface area contributed by atoms with Crippen LogP contribution in [0.1, 0.15) is 12.6 Å². The molecule has 110 valence electrons. The molecule has 0 N–H and O–H groups in total. The zero-order chi connectivity index (χ0) is 15.2. The zero-order valence-electron chi connectivity index (χ0n) is 12.0. The summed E-state index contributed by atoms with van der Waals surface area (Å²) in [6.45, 7) is 4.53. The maximum atomic E-state index is 11.9. The van der Waals surface area contributed by atoms with Gasteiger partial charge in [0, 0.05) is 30.8 Å². The quantitative estimate of drug-likeness (QED) is 0.729. The third-order valence-electron chi connectivity index (χ3n) is 3.19. The largest absolute Gasteiger partial charge is 0.295 e. The van der Waals surface area contributed by atoms with Gasteiger partial charge < -0.3 is 0 Å². The summed E-state index contributed by atoms with van der Waals surface area (Å²) in [4.78, 5) is 8.33. The van der Waals surface area contributed by atoms with E-state index in [0.29, 0.717) is 11.3 Å². The van der Waals surface area contributed by atoms with E-state index in [1.54, 1.807) is 34.6 Å². The zero-order valence-corrected chi connectivity index (χ0v) is 12.8. The van der Waals surface area contributed by atoms with Crippen LogP contribution >= 0.6 is 0 Å². The Bertz CT molecular complexity index is 923. The summed E-state index contributed by atoms with van der Waals surface area (Å²) in [5.74, 6) is 0. The lowest BCUT2D eigenvalue weighted by atomic mass is 10.3. The lowest BCUT2D eigenvalue weighted by Crippen LogP contribution is -2.06. The van der Waals surface area contributed by atoms with Gasteiger partial charge in [-0.15, -0.1) is 0 Å². The monoisotopic (exact) mass is 305 g/mol. The summed E-state index contributed by atoms with van der Waals surface area (Å²) in [5, 5.41) is 4.23. The Kier molecular flexibility index (Phi) is 3.05. The van der Waals surface area contributed by atoms with Crippen molar-refractivity contribution in [2.45, 2.75) is 25.4 Å². The van der Waals surface area contributed by atoms with Crippen LogP contribution in [0.4, 0.5) is 0 Å². The number of fused-ring (bicyclic) bond motifs is 1. The summed E-state index contributed by atoms with van der Waals surface area (Å²) in [6, 6.07) is 0. The molecule has 3 heterocycles. The minimum Gasteiger partial charge on any atom is -0.295 e. The molecule has 3 aromatic rings. The standard InChI is InChI=1S/C13H15N5O2S/c1-4-17-8-10(5-15-17)11-6-14-12-13(21(3,19)20)16-9(2)7-18(11)12/h5-8H,4H2,1-3H3. The highest BCUT2D eigenvalue weighted by Crippen LogP contribution is 2.23. The van der Waals surface area contributed by atoms with Gasteiger partial charge in [0.15, 0.2) is 20.5 Å². The first-order valence-electron chi connectivity index (χ1n) is 6.47. The van der Waals surface area contributed by atoms with Gasteiger partial charge >= 0.3 is 0 Å². The molecule has 0 aliphatic heterocycles. The van der Waals surface area contributed by atoms with Crippen molar-refractivity contribution in [3.05, 3.63) is 30.5 Å². The van der Waals surface area contributed by atoms with Gasteiger partial charge in [-0.3, -0.25) is 9.08 Å². The van der Waals surface area contributed by atoms with Crippen molar-refractivity contribution in [3.63, 3.8) is 0 Å². The van der Waals surface area contributed by atoms with E-state index >= 15 is 0 Å². The first-order valence-corrected chi connectivity index (χ1v) is 8.37. The van der Waals surface area contributed by atoms with Gasteiger partial charge in [-0.2, -0.15) is 5.10 Å². The molecule has 0 radical (unpaired) electrons. The van der Waals surface area contributed by atoms with Crippen molar-refractivity contribution in [2.24, 2.45) is 0 Å². The van der Waals surface area contributed by atoms with E-state index in [9.17, 15) is 8.42 Å². The number of sulfone groups is 1. The van der Waals surface area contributed by atoms with Crippen molar-refractivity contribution >= 4 is 15.5 Å². The fourth-order valence-electron chi connectivity index (χ4n) is 2.21. The number of aryl methyl sites for hydroxylation is 2. The molecule has 0 atom stereocenters. The van der Waals surface area contributed by atoms with Crippen molar-refractivity contribution < 1.29 is 8.42 Å². The predicted octanol–water partition coefficient (Wildman–Crippen LogP) is 1.32. The Morgan fingerprint density at radius 3 is 2.62 bits per heavy atom. The molecule has 0 aliphatic rings. The fourth-order valence-corrected chi connectivity index (χ4v) is 3.00. The first-order chi connectivity index (χ1) is 9.90. The smallest absolute Gasteiger partial charge is 0.198 e. The van der Waals surface area contributed by atoms with Gasteiger partial charge in [-0.1, -0.05) is 0 Å². The summed E-state index contributed by atoms with van der Waals surface area (Å²) in [5.41, 5.74) is 2.63. The third kappa shape index (κ3) is 2.31. The van der Waals surface area contributed by atoms with Gasteiger partial charge in [0.1, 0.15) is 0 Å². The molecule has 0 spiro atoms. The fraction of sp³-hybridized carbons (Fsp3) is 0.308. The van der Waals surface area contributed by atoms with Gasteiger partial charge in [0.25, 0.3) is 0 Å². The van der Waals surface area contributed by atoms with E-state index < -0.39 is 9.84 Å². The van der Waals surface area contributed by atoms with Crippen LogP contribution in [0.2, 0.25) is 0 Å². The SMILES string of the molecule is CCn1cc(-c2cnc3c(S(C)(=O)=O)nc(C)cn23)cn1.